The van der Waals surface area contributed by atoms with Gasteiger partial charge in [-0.05, 0) is 29.3 Å². The SMILES string of the molecule is CC(C(=O)NCC(O)c1ccc2ccccc2c1)n1cnc2c(N)ncnc21. The number of nitrogens with two attached hydrogens (primary N) is 1. The minimum Gasteiger partial charge on any atom is -0.387 e. The van der Waals surface area contributed by atoms with Crippen LogP contribution < -0.4 is 11.1 Å². The third-order valence-corrected chi connectivity index (χ3v) is 4.81. The van der Waals surface area contributed by atoms with Crippen LogP contribution in [-0.2, 0) is 4.79 Å². The van der Waals surface area contributed by atoms with Crippen LogP contribution in [0.25, 0.3) is 21.9 Å². The van der Waals surface area contributed by atoms with Crippen molar-refractivity contribution < 1.29 is 9.90 Å². The molecule has 2 heterocycles. The normalized spacial score (nSPS) is 13.5. The van der Waals surface area contributed by atoms with Gasteiger partial charge in [-0.3, -0.25) is 4.79 Å². The van der Waals surface area contributed by atoms with E-state index in [4.69, 9.17) is 5.73 Å². The van der Waals surface area contributed by atoms with Crippen LogP contribution >= 0.6 is 0 Å². The number of aliphatic hydroxyl groups excluding tert-OH is 1. The summed E-state index contributed by atoms with van der Waals surface area (Å²) in [4.78, 5) is 24.8. The Hall–Kier alpha value is -3.52. The third kappa shape index (κ3) is 3.25. The molecule has 142 valence electrons. The molecule has 0 aliphatic carbocycles. The van der Waals surface area contributed by atoms with Gasteiger partial charge in [0.05, 0.1) is 12.4 Å². The summed E-state index contributed by atoms with van der Waals surface area (Å²) in [6, 6.07) is 13.1. The molecule has 0 fully saturated rings. The lowest BCUT2D eigenvalue weighted by atomic mass is 10.0. The van der Waals surface area contributed by atoms with E-state index in [1.165, 1.54) is 12.7 Å². The number of carbonyl (C=O) groups excluding carboxylic acids is 1. The van der Waals surface area contributed by atoms with E-state index < -0.39 is 12.1 Å². The second-order valence-corrected chi connectivity index (χ2v) is 6.63. The number of fused-ring (bicyclic) bond motifs is 2. The quantitative estimate of drug-likeness (QED) is 0.490. The molecule has 0 spiro atoms. The zero-order chi connectivity index (χ0) is 19.7. The van der Waals surface area contributed by atoms with Gasteiger partial charge in [0, 0.05) is 6.54 Å². The van der Waals surface area contributed by atoms with Crippen LogP contribution in [-0.4, -0.2) is 37.1 Å². The van der Waals surface area contributed by atoms with E-state index in [0.717, 1.165) is 16.3 Å². The van der Waals surface area contributed by atoms with E-state index in [2.05, 4.69) is 20.3 Å². The first-order valence-corrected chi connectivity index (χ1v) is 8.92. The molecule has 2 atom stereocenters. The molecule has 28 heavy (non-hydrogen) atoms. The molecule has 1 amide bonds. The molecule has 0 saturated heterocycles. The number of imidazole rings is 1. The van der Waals surface area contributed by atoms with Crippen LogP contribution in [0.15, 0.2) is 55.1 Å². The summed E-state index contributed by atoms with van der Waals surface area (Å²) >= 11 is 0. The lowest BCUT2D eigenvalue weighted by molar-refractivity contribution is -0.124. The van der Waals surface area contributed by atoms with Crippen molar-refractivity contribution in [3.63, 3.8) is 0 Å². The molecule has 0 aliphatic rings. The van der Waals surface area contributed by atoms with Gasteiger partial charge in [-0.25, -0.2) is 15.0 Å². The number of hydrogen-bond donors (Lipinski definition) is 3. The predicted molar refractivity (Wildman–Crippen MR) is 106 cm³/mol. The third-order valence-electron chi connectivity index (χ3n) is 4.81. The average molecular weight is 376 g/mol. The Bertz CT molecular complexity index is 1160. The minimum atomic E-state index is -0.807. The number of benzene rings is 2. The first-order chi connectivity index (χ1) is 13.5. The van der Waals surface area contributed by atoms with E-state index in [1.54, 1.807) is 11.5 Å². The number of rotatable bonds is 5. The molecule has 2 unspecified atom stereocenters. The van der Waals surface area contributed by atoms with Gasteiger partial charge >= 0.3 is 0 Å². The van der Waals surface area contributed by atoms with Gasteiger partial charge in [0.15, 0.2) is 11.5 Å². The smallest absolute Gasteiger partial charge is 0.242 e. The second kappa shape index (κ2) is 7.24. The summed E-state index contributed by atoms with van der Waals surface area (Å²) in [7, 11) is 0. The van der Waals surface area contributed by atoms with Gasteiger partial charge in [-0.2, -0.15) is 0 Å². The Morgan fingerprint density at radius 3 is 2.79 bits per heavy atom. The molecule has 2 aromatic carbocycles. The number of anilines is 1. The first kappa shape index (κ1) is 17.9. The number of aliphatic hydroxyl groups is 1. The first-order valence-electron chi connectivity index (χ1n) is 8.92. The lowest BCUT2D eigenvalue weighted by Gasteiger charge is -2.17. The molecule has 8 nitrogen and oxygen atoms in total. The van der Waals surface area contributed by atoms with E-state index in [1.807, 2.05) is 42.5 Å². The molecule has 0 saturated carbocycles. The van der Waals surface area contributed by atoms with Crippen molar-refractivity contribution in [3.05, 3.63) is 60.7 Å². The fourth-order valence-corrected chi connectivity index (χ4v) is 3.16. The lowest BCUT2D eigenvalue weighted by Crippen LogP contribution is -2.34. The Kier molecular flexibility index (Phi) is 4.62. The van der Waals surface area contributed by atoms with Crippen molar-refractivity contribution in [1.82, 2.24) is 24.8 Å². The van der Waals surface area contributed by atoms with Gasteiger partial charge in [-0.1, -0.05) is 36.4 Å². The van der Waals surface area contributed by atoms with Crippen molar-refractivity contribution >= 4 is 33.7 Å². The number of aromatic nitrogens is 4. The van der Waals surface area contributed by atoms with Gasteiger partial charge in [0.1, 0.15) is 17.9 Å². The number of nitrogen functional groups attached to an aromatic ring is 1. The molecule has 2 aromatic heterocycles. The highest BCUT2D eigenvalue weighted by Gasteiger charge is 2.20. The number of nitrogens with one attached hydrogen (secondary N) is 1. The molecule has 0 bridgehead atoms. The van der Waals surface area contributed by atoms with Crippen molar-refractivity contribution in [2.24, 2.45) is 0 Å². The molecule has 8 heteroatoms. The summed E-state index contributed by atoms with van der Waals surface area (Å²) in [6.07, 6.45) is 2.04. The van der Waals surface area contributed by atoms with Gasteiger partial charge in [0.2, 0.25) is 5.91 Å². The molecule has 0 radical (unpaired) electrons. The largest absolute Gasteiger partial charge is 0.387 e. The van der Waals surface area contributed by atoms with Crippen molar-refractivity contribution in [3.8, 4) is 0 Å². The number of amides is 1. The fourth-order valence-electron chi connectivity index (χ4n) is 3.16. The van der Waals surface area contributed by atoms with Crippen LogP contribution in [0.5, 0.6) is 0 Å². The van der Waals surface area contributed by atoms with Crippen molar-refractivity contribution in [2.75, 3.05) is 12.3 Å². The summed E-state index contributed by atoms with van der Waals surface area (Å²) in [6.45, 7) is 1.84. The Morgan fingerprint density at radius 1 is 1.18 bits per heavy atom. The number of hydrogen-bond acceptors (Lipinski definition) is 6. The second-order valence-electron chi connectivity index (χ2n) is 6.63. The highest BCUT2D eigenvalue weighted by molar-refractivity contribution is 5.85. The summed E-state index contributed by atoms with van der Waals surface area (Å²) in [5, 5.41) is 15.4. The number of nitrogens with zero attached hydrogens (tertiary/aromatic N) is 4. The minimum absolute atomic E-state index is 0.102. The highest BCUT2D eigenvalue weighted by atomic mass is 16.3. The zero-order valence-electron chi connectivity index (χ0n) is 15.3. The summed E-state index contributed by atoms with van der Waals surface area (Å²) < 4.78 is 1.63. The maximum Gasteiger partial charge on any atom is 0.242 e. The van der Waals surface area contributed by atoms with Crippen LogP contribution in [0, 0.1) is 0 Å². The molecule has 4 aromatic rings. The predicted octanol–water partition coefficient (Wildman–Crippen LogP) is 1.97. The average Bonchev–Trinajstić information content (AvgIpc) is 3.16. The maximum absolute atomic E-state index is 12.6. The molecular formula is C20H20N6O2. The Labute approximate surface area is 161 Å². The topological polar surface area (TPSA) is 119 Å². The van der Waals surface area contributed by atoms with E-state index >= 15 is 0 Å². The fraction of sp³-hybridized carbons (Fsp3) is 0.200. The van der Waals surface area contributed by atoms with Crippen LogP contribution in [0.2, 0.25) is 0 Å². The van der Waals surface area contributed by atoms with E-state index in [0.29, 0.717) is 11.2 Å². The number of carbonyl (C=O) groups is 1. The highest BCUT2D eigenvalue weighted by Crippen LogP contribution is 2.21. The monoisotopic (exact) mass is 376 g/mol. The molecular weight excluding hydrogens is 356 g/mol. The van der Waals surface area contributed by atoms with E-state index in [-0.39, 0.29) is 18.3 Å². The van der Waals surface area contributed by atoms with Gasteiger partial charge in [-0.15, -0.1) is 0 Å². The Balaban J connectivity index is 1.46. The van der Waals surface area contributed by atoms with Crippen molar-refractivity contribution in [2.45, 2.75) is 19.1 Å². The van der Waals surface area contributed by atoms with Crippen LogP contribution in [0.4, 0.5) is 5.82 Å². The van der Waals surface area contributed by atoms with Crippen LogP contribution in [0.3, 0.4) is 0 Å². The van der Waals surface area contributed by atoms with Crippen molar-refractivity contribution in [1.29, 1.82) is 0 Å². The van der Waals surface area contributed by atoms with Gasteiger partial charge in [0.25, 0.3) is 0 Å². The standard InChI is InChI=1S/C20H20N6O2/c1-12(26-11-25-17-18(21)23-10-24-19(17)26)20(28)22-9-16(27)15-7-6-13-4-2-3-5-14(13)8-15/h2-8,10-12,16,27H,9H2,1H3,(H,22,28)(H2,21,23,24). The van der Waals surface area contributed by atoms with E-state index in [9.17, 15) is 9.90 Å². The Morgan fingerprint density at radius 2 is 1.96 bits per heavy atom. The van der Waals surface area contributed by atoms with Gasteiger partial charge < -0.3 is 20.7 Å². The molecule has 0 aliphatic heterocycles. The molecule has 4 N–H and O–H groups in total. The van der Waals surface area contributed by atoms with Crippen LogP contribution in [0.1, 0.15) is 24.6 Å². The summed E-state index contributed by atoms with van der Waals surface area (Å²) in [5.74, 6) is 0.0133. The summed E-state index contributed by atoms with van der Waals surface area (Å²) in [5.41, 5.74) is 7.49. The zero-order valence-corrected chi connectivity index (χ0v) is 15.3. The maximum atomic E-state index is 12.6. The molecule has 4 rings (SSSR count).